The minimum Gasteiger partial charge on any atom is -0.305 e. The number of hydrogen-bond acceptors (Lipinski definition) is 3. The number of aromatic nitrogens is 3. The molecule has 1 aromatic carbocycles. The molecule has 0 spiro atoms. The zero-order valence-corrected chi connectivity index (χ0v) is 11.9. The first-order valence-corrected chi connectivity index (χ1v) is 6.52. The van der Waals surface area contributed by atoms with Crippen molar-refractivity contribution in [3.8, 4) is 17.5 Å². The van der Waals surface area contributed by atoms with Crippen LogP contribution in [-0.2, 0) is 11.4 Å². The topological polar surface area (TPSA) is 54.5 Å². The van der Waals surface area contributed by atoms with Crippen LogP contribution in [0.3, 0.4) is 0 Å². The van der Waals surface area contributed by atoms with Crippen LogP contribution in [0.15, 0.2) is 24.3 Å². The molecule has 0 fully saturated rings. The molecule has 1 heterocycles. The van der Waals surface area contributed by atoms with Crippen LogP contribution in [0, 0.1) is 11.3 Å². The molecule has 0 aliphatic rings. The van der Waals surface area contributed by atoms with E-state index < -0.39 is 0 Å². The van der Waals surface area contributed by atoms with E-state index in [1.807, 2.05) is 22.8 Å². The fourth-order valence-corrected chi connectivity index (χ4v) is 2.20. The summed E-state index contributed by atoms with van der Waals surface area (Å²) >= 11 is 5.92. The first-order valence-electron chi connectivity index (χ1n) is 5.98. The van der Waals surface area contributed by atoms with Crippen molar-refractivity contribution >= 4 is 11.6 Å². The van der Waals surface area contributed by atoms with Gasteiger partial charge in [-0.05, 0) is 32.9 Å². The lowest BCUT2D eigenvalue weighted by atomic mass is 10.1. The van der Waals surface area contributed by atoms with Crippen molar-refractivity contribution in [1.82, 2.24) is 14.8 Å². The van der Waals surface area contributed by atoms with E-state index >= 15 is 0 Å². The fourth-order valence-electron chi connectivity index (χ4n) is 2.02. The SMILES string of the molecule is CC(C)(C)n1c(CCl)nnc1-c1cccc(C#N)c1. The van der Waals surface area contributed by atoms with Gasteiger partial charge >= 0.3 is 0 Å². The van der Waals surface area contributed by atoms with Gasteiger partial charge < -0.3 is 4.57 Å². The summed E-state index contributed by atoms with van der Waals surface area (Å²) in [5.74, 6) is 1.77. The molecule has 4 nitrogen and oxygen atoms in total. The molecule has 0 atom stereocenters. The number of nitriles is 1. The van der Waals surface area contributed by atoms with Crippen molar-refractivity contribution in [2.24, 2.45) is 0 Å². The van der Waals surface area contributed by atoms with Gasteiger partial charge in [0.05, 0.1) is 17.5 Å². The first kappa shape index (κ1) is 13.6. The first-order chi connectivity index (χ1) is 8.97. The average Bonchev–Trinajstić information content (AvgIpc) is 2.82. The fraction of sp³-hybridized carbons (Fsp3) is 0.357. The molecular weight excluding hydrogens is 260 g/mol. The normalized spacial score (nSPS) is 11.3. The van der Waals surface area contributed by atoms with E-state index in [1.165, 1.54) is 0 Å². The second-order valence-electron chi connectivity index (χ2n) is 5.27. The summed E-state index contributed by atoms with van der Waals surface area (Å²) in [5, 5.41) is 17.3. The Hall–Kier alpha value is -1.86. The highest BCUT2D eigenvalue weighted by molar-refractivity contribution is 6.16. The number of hydrogen-bond donors (Lipinski definition) is 0. The van der Waals surface area contributed by atoms with Crippen molar-refractivity contribution in [3.63, 3.8) is 0 Å². The Labute approximate surface area is 117 Å². The summed E-state index contributed by atoms with van der Waals surface area (Å²) < 4.78 is 2.01. The van der Waals surface area contributed by atoms with E-state index in [4.69, 9.17) is 16.9 Å². The van der Waals surface area contributed by atoms with E-state index in [9.17, 15) is 0 Å². The molecule has 98 valence electrons. The maximum absolute atomic E-state index is 8.98. The second kappa shape index (κ2) is 5.02. The van der Waals surface area contributed by atoms with Gasteiger partial charge in [0, 0.05) is 11.1 Å². The molecule has 0 aliphatic heterocycles. The monoisotopic (exact) mass is 274 g/mol. The van der Waals surface area contributed by atoms with Gasteiger partial charge in [0.2, 0.25) is 0 Å². The predicted molar refractivity (Wildman–Crippen MR) is 74.7 cm³/mol. The van der Waals surface area contributed by atoms with Gasteiger partial charge in [-0.25, -0.2) is 0 Å². The summed E-state index contributed by atoms with van der Waals surface area (Å²) in [6.45, 7) is 6.22. The molecule has 0 saturated heterocycles. The van der Waals surface area contributed by atoms with Crippen LogP contribution in [0.5, 0.6) is 0 Å². The quantitative estimate of drug-likeness (QED) is 0.790. The number of alkyl halides is 1. The molecule has 0 saturated carbocycles. The van der Waals surface area contributed by atoms with E-state index in [0.717, 1.165) is 17.2 Å². The van der Waals surface area contributed by atoms with Gasteiger partial charge in [-0.2, -0.15) is 5.26 Å². The van der Waals surface area contributed by atoms with E-state index in [2.05, 4.69) is 37.0 Å². The molecule has 19 heavy (non-hydrogen) atoms. The highest BCUT2D eigenvalue weighted by atomic mass is 35.5. The predicted octanol–water partition coefficient (Wildman–Crippen LogP) is 3.31. The highest BCUT2D eigenvalue weighted by Gasteiger charge is 2.23. The van der Waals surface area contributed by atoms with Crippen molar-refractivity contribution < 1.29 is 0 Å². The molecular formula is C14H15ClN4. The van der Waals surface area contributed by atoms with Crippen LogP contribution in [0.1, 0.15) is 32.2 Å². The van der Waals surface area contributed by atoms with Crippen LogP contribution in [0.25, 0.3) is 11.4 Å². The Balaban J connectivity index is 2.63. The summed E-state index contributed by atoms with van der Waals surface area (Å²) in [6.07, 6.45) is 0. The minimum atomic E-state index is -0.175. The van der Waals surface area contributed by atoms with Crippen LogP contribution in [-0.4, -0.2) is 14.8 Å². The van der Waals surface area contributed by atoms with Crippen LogP contribution in [0.2, 0.25) is 0 Å². The van der Waals surface area contributed by atoms with Gasteiger partial charge in [-0.3, -0.25) is 0 Å². The zero-order chi connectivity index (χ0) is 14.0. The Kier molecular flexibility index (Phi) is 3.59. The Morgan fingerprint density at radius 3 is 2.63 bits per heavy atom. The third-order valence-electron chi connectivity index (χ3n) is 2.77. The van der Waals surface area contributed by atoms with Crippen molar-refractivity contribution in [2.75, 3.05) is 0 Å². The summed E-state index contributed by atoms with van der Waals surface area (Å²) in [6, 6.07) is 9.47. The highest BCUT2D eigenvalue weighted by Crippen LogP contribution is 2.27. The summed E-state index contributed by atoms with van der Waals surface area (Å²) in [4.78, 5) is 0. The Morgan fingerprint density at radius 2 is 2.05 bits per heavy atom. The number of halogens is 1. The van der Waals surface area contributed by atoms with Gasteiger partial charge in [-0.1, -0.05) is 12.1 Å². The molecule has 0 radical (unpaired) electrons. The van der Waals surface area contributed by atoms with Crippen molar-refractivity contribution in [2.45, 2.75) is 32.2 Å². The van der Waals surface area contributed by atoms with Crippen molar-refractivity contribution in [3.05, 3.63) is 35.7 Å². The molecule has 1 aromatic heterocycles. The number of rotatable bonds is 2. The smallest absolute Gasteiger partial charge is 0.164 e. The molecule has 0 aliphatic carbocycles. The molecule has 0 N–H and O–H groups in total. The van der Waals surface area contributed by atoms with Crippen LogP contribution >= 0.6 is 11.6 Å². The molecule has 0 unspecified atom stereocenters. The van der Waals surface area contributed by atoms with E-state index in [-0.39, 0.29) is 5.54 Å². The molecule has 0 bridgehead atoms. The molecule has 5 heteroatoms. The molecule has 0 amide bonds. The lowest BCUT2D eigenvalue weighted by Gasteiger charge is -2.24. The van der Waals surface area contributed by atoms with E-state index in [0.29, 0.717) is 11.4 Å². The van der Waals surface area contributed by atoms with Crippen LogP contribution in [0.4, 0.5) is 0 Å². The second-order valence-corrected chi connectivity index (χ2v) is 5.54. The van der Waals surface area contributed by atoms with Gasteiger partial charge in [0.15, 0.2) is 5.82 Å². The van der Waals surface area contributed by atoms with Crippen LogP contribution < -0.4 is 0 Å². The Bertz CT molecular complexity index is 632. The molecule has 2 rings (SSSR count). The van der Waals surface area contributed by atoms with Gasteiger partial charge in [0.25, 0.3) is 0 Å². The number of benzene rings is 1. The standard InChI is InChI=1S/C14H15ClN4/c1-14(2,3)19-12(8-15)17-18-13(19)11-6-4-5-10(7-11)9-16/h4-7H,8H2,1-3H3. The maximum Gasteiger partial charge on any atom is 0.164 e. The van der Waals surface area contributed by atoms with E-state index in [1.54, 1.807) is 6.07 Å². The maximum atomic E-state index is 8.98. The third-order valence-corrected chi connectivity index (χ3v) is 3.01. The average molecular weight is 275 g/mol. The lowest BCUT2D eigenvalue weighted by Crippen LogP contribution is -2.24. The number of nitrogens with zero attached hydrogens (tertiary/aromatic N) is 4. The summed E-state index contributed by atoms with van der Waals surface area (Å²) in [5.41, 5.74) is 1.30. The lowest BCUT2D eigenvalue weighted by molar-refractivity contribution is 0.390. The van der Waals surface area contributed by atoms with Crippen molar-refractivity contribution in [1.29, 1.82) is 5.26 Å². The molecule has 2 aromatic rings. The summed E-state index contributed by atoms with van der Waals surface area (Å²) in [7, 11) is 0. The third kappa shape index (κ3) is 2.61. The van der Waals surface area contributed by atoms with Gasteiger partial charge in [0.1, 0.15) is 5.82 Å². The largest absolute Gasteiger partial charge is 0.305 e. The zero-order valence-electron chi connectivity index (χ0n) is 11.2. The Morgan fingerprint density at radius 1 is 1.32 bits per heavy atom. The van der Waals surface area contributed by atoms with Gasteiger partial charge in [-0.15, -0.1) is 21.8 Å². The minimum absolute atomic E-state index is 0.175.